The van der Waals surface area contributed by atoms with Crippen molar-refractivity contribution in [2.24, 2.45) is 0 Å². The summed E-state index contributed by atoms with van der Waals surface area (Å²) in [4.78, 5) is 14.3. The van der Waals surface area contributed by atoms with Gasteiger partial charge in [-0.05, 0) is 6.42 Å². The molecule has 1 rings (SSSR count). The van der Waals surface area contributed by atoms with Crippen LogP contribution in [0.5, 0.6) is 0 Å². The van der Waals surface area contributed by atoms with Crippen LogP contribution in [0.25, 0.3) is 0 Å². The van der Waals surface area contributed by atoms with E-state index < -0.39 is 0 Å². The van der Waals surface area contributed by atoms with Crippen LogP contribution in [0.2, 0.25) is 0 Å². The molecule has 3 nitrogen and oxygen atoms in total. The lowest BCUT2D eigenvalue weighted by atomic mass is 10.3. The Morgan fingerprint density at radius 3 is 2.80 bits per heavy atom. The lowest BCUT2D eigenvalue weighted by Gasteiger charge is -1.83. The van der Waals surface area contributed by atoms with E-state index in [1.54, 1.807) is 6.92 Å². The summed E-state index contributed by atoms with van der Waals surface area (Å²) in [5, 5.41) is 0. The van der Waals surface area contributed by atoms with Crippen LogP contribution in [-0.2, 0) is 6.42 Å². The van der Waals surface area contributed by atoms with Gasteiger partial charge in [0.15, 0.2) is 17.9 Å². The van der Waals surface area contributed by atoms with E-state index in [1.807, 2.05) is 6.92 Å². The van der Waals surface area contributed by atoms with E-state index in [9.17, 15) is 4.79 Å². The van der Waals surface area contributed by atoms with Crippen LogP contribution in [0.15, 0.2) is 4.42 Å². The van der Waals surface area contributed by atoms with Crippen molar-refractivity contribution in [3.8, 4) is 0 Å². The first-order valence-corrected chi connectivity index (χ1v) is 3.19. The highest BCUT2D eigenvalue weighted by atomic mass is 16.4. The van der Waals surface area contributed by atoms with Crippen LogP contribution in [0, 0.1) is 6.92 Å². The van der Waals surface area contributed by atoms with Gasteiger partial charge in [0, 0.05) is 6.92 Å². The molecule has 0 N–H and O–H groups in total. The molecule has 0 saturated heterocycles. The molecule has 1 heterocycles. The van der Waals surface area contributed by atoms with Gasteiger partial charge in [-0.25, -0.2) is 4.98 Å². The van der Waals surface area contributed by atoms with Crippen LogP contribution in [0.1, 0.15) is 29.1 Å². The second kappa shape index (κ2) is 2.64. The zero-order valence-electron chi connectivity index (χ0n) is 6.05. The second-order valence-electron chi connectivity index (χ2n) is 2.02. The number of aldehydes is 1. The lowest BCUT2D eigenvalue weighted by molar-refractivity contribution is 0.109. The Bertz CT molecular complexity index is 240. The van der Waals surface area contributed by atoms with Gasteiger partial charge >= 0.3 is 0 Å². The number of hydrogen-bond donors (Lipinski definition) is 0. The normalized spacial score (nSPS) is 9.80. The summed E-state index contributed by atoms with van der Waals surface area (Å²) in [6.45, 7) is 3.66. The SMILES string of the molecule is CCc1nc(C)oc1C=O. The molecule has 0 saturated carbocycles. The highest BCUT2D eigenvalue weighted by Gasteiger charge is 2.06. The Kier molecular flexibility index (Phi) is 1.85. The molecule has 1 aromatic rings. The summed E-state index contributed by atoms with van der Waals surface area (Å²) in [5.41, 5.74) is 0.743. The number of nitrogens with zero attached hydrogens (tertiary/aromatic N) is 1. The molecule has 0 aliphatic heterocycles. The number of hydrogen-bond acceptors (Lipinski definition) is 3. The van der Waals surface area contributed by atoms with E-state index in [0.717, 1.165) is 12.1 Å². The van der Waals surface area contributed by atoms with E-state index in [4.69, 9.17) is 4.42 Å². The molecule has 10 heavy (non-hydrogen) atoms. The fourth-order valence-corrected chi connectivity index (χ4v) is 0.831. The molecule has 1 aromatic heterocycles. The highest BCUT2D eigenvalue weighted by Crippen LogP contribution is 2.07. The standard InChI is InChI=1S/C7H9NO2/c1-3-6-7(4-9)10-5(2)8-6/h4H,3H2,1-2H3. The second-order valence-corrected chi connectivity index (χ2v) is 2.02. The van der Waals surface area contributed by atoms with Gasteiger partial charge in [0.05, 0.1) is 5.69 Å². The number of carbonyl (C=O) groups is 1. The van der Waals surface area contributed by atoms with Gasteiger partial charge in [-0.3, -0.25) is 4.79 Å². The van der Waals surface area contributed by atoms with Crippen LogP contribution >= 0.6 is 0 Å². The summed E-state index contributed by atoms with van der Waals surface area (Å²) < 4.78 is 4.98. The van der Waals surface area contributed by atoms with Crippen molar-refractivity contribution in [1.29, 1.82) is 0 Å². The molecule has 0 aliphatic rings. The summed E-state index contributed by atoms with van der Waals surface area (Å²) in [5.74, 6) is 0.916. The molecule has 0 bridgehead atoms. The molecular weight excluding hydrogens is 130 g/mol. The largest absolute Gasteiger partial charge is 0.438 e. The fraction of sp³-hybridized carbons (Fsp3) is 0.429. The average Bonchev–Trinajstić information content (AvgIpc) is 2.30. The smallest absolute Gasteiger partial charge is 0.192 e. The topological polar surface area (TPSA) is 43.1 Å². The predicted molar refractivity (Wildman–Crippen MR) is 36.0 cm³/mol. The van der Waals surface area contributed by atoms with Crippen molar-refractivity contribution in [1.82, 2.24) is 4.98 Å². The third kappa shape index (κ3) is 1.07. The summed E-state index contributed by atoms with van der Waals surface area (Å²) in [6, 6.07) is 0. The summed E-state index contributed by atoms with van der Waals surface area (Å²) >= 11 is 0. The average molecular weight is 139 g/mol. The molecule has 0 spiro atoms. The molecule has 0 aromatic carbocycles. The van der Waals surface area contributed by atoms with Crippen LogP contribution in [0.3, 0.4) is 0 Å². The quantitative estimate of drug-likeness (QED) is 0.581. The molecular formula is C7H9NO2. The first kappa shape index (κ1) is 6.99. The maximum absolute atomic E-state index is 10.3. The van der Waals surface area contributed by atoms with Gasteiger partial charge < -0.3 is 4.42 Å². The lowest BCUT2D eigenvalue weighted by Crippen LogP contribution is -1.85. The van der Waals surface area contributed by atoms with Crippen LogP contribution in [0.4, 0.5) is 0 Å². The number of oxazole rings is 1. The first-order chi connectivity index (χ1) is 4.77. The maximum Gasteiger partial charge on any atom is 0.192 e. The minimum Gasteiger partial charge on any atom is -0.438 e. The number of aryl methyl sites for hydroxylation is 2. The van der Waals surface area contributed by atoms with E-state index in [2.05, 4.69) is 4.98 Å². The highest BCUT2D eigenvalue weighted by molar-refractivity contribution is 5.72. The molecule has 0 radical (unpaired) electrons. The van der Waals surface area contributed by atoms with Crippen molar-refractivity contribution < 1.29 is 9.21 Å². The Balaban J connectivity index is 3.08. The number of rotatable bonds is 2. The Morgan fingerprint density at radius 1 is 1.70 bits per heavy atom. The van der Waals surface area contributed by atoms with Crippen molar-refractivity contribution >= 4 is 6.29 Å². The third-order valence-electron chi connectivity index (χ3n) is 1.28. The van der Waals surface area contributed by atoms with Crippen molar-refractivity contribution in [3.05, 3.63) is 17.3 Å². The zero-order valence-corrected chi connectivity index (χ0v) is 6.05. The first-order valence-electron chi connectivity index (χ1n) is 3.19. The zero-order chi connectivity index (χ0) is 7.56. The van der Waals surface area contributed by atoms with E-state index in [1.165, 1.54) is 0 Å². The Hall–Kier alpha value is -1.12. The monoisotopic (exact) mass is 139 g/mol. The minimum atomic E-state index is 0.361. The minimum absolute atomic E-state index is 0.361. The van der Waals surface area contributed by atoms with Crippen molar-refractivity contribution in [2.45, 2.75) is 20.3 Å². The van der Waals surface area contributed by atoms with E-state index in [0.29, 0.717) is 17.9 Å². The number of carbonyl (C=O) groups excluding carboxylic acids is 1. The molecule has 3 heteroatoms. The van der Waals surface area contributed by atoms with Gasteiger partial charge in [-0.2, -0.15) is 0 Å². The maximum atomic E-state index is 10.3. The fourth-order valence-electron chi connectivity index (χ4n) is 0.831. The Labute approximate surface area is 59.1 Å². The van der Waals surface area contributed by atoms with Gasteiger partial charge in [-0.1, -0.05) is 6.92 Å². The summed E-state index contributed by atoms with van der Waals surface area (Å²) in [7, 11) is 0. The van der Waals surface area contributed by atoms with Gasteiger partial charge in [0.2, 0.25) is 0 Å². The molecule has 0 fully saturated rings. The molecule has 0 amide bonds. The van der Waals surface area contributed by atoms with Gasteiger partial charge in [0.25, 0.3) is 0 Å². The number of aromatic nitrogens is 1. The van der Waals surface area contributed by atoms with Gasteiger partial charge in [0.1, 0.15) is 0 Å². The molecule has 0 unspecified atom stereocenters. The van der Waals surface area contributed by atoms with Gasteiger partial charge in [-0.15, -0.1) is 0 Å². The molecule has 0 atom stereocenters. The van der Waals surface area contributed by atoms with Crippen LogP contribution < -0.4 is 0 Å². The van der Waals surface area contributed by atoms with E-state index >= 15 is 0 Å². The molecule has 54 valence electrons. The third-order valence-corrected chi connectivity index (χ3v) is 1.28. The van der Waals surface area contributed by atoms with Crippen molar-refractivity contribution in [2.75, 3.05) is 0 Å². The van der Waals surface area contributed by atoms with Crippen LogP contribution in [-0.4, -0.2) is 11.3 Å². The molecule has 0 aliphatic carbocycles. The predicted octanol–water partition coefficient (Wildman–Crippen LogP) is 1.36. The van der Waals surface area contributed by atoms with Crippen molar-refractivity contribution in [3.63, 3.8) is 0 Å². The summed E-state index contributed by atoms with van der Waals surface area (Å²) in [6.07, 6.45) is 1.43. The van der Waals surface area contributed by atoms with E-state index in [-0.39, 0.29) is 0 Å². The Morgan fingerprint density at radius 2 is 2.40 bits per heavy atom.